The first-order chi connectivity index (χ1) is 11.3. The Morgan fingerprint density at radius 3 is 2.67 bits per heavy atom. The Balaban J connectivity index is 1.73. The van der Waals surface area contributed by atoms with E-state index in [0.717, 1.165) is 6.20 Å². The van der Waals surface area contributed by atoms with Crippen LogP contribution in [-0.4, -0.2) is 43.8 Å². The van der Waals surface area contributed by atoms with E-state index < -0.39 is 11.9 Å². The number of nitrogens with one attached hydrogen (secondary N) is 1. The maximum atomic E-state index is 12.7. The molecule has 6 nitrogen and oxygen atoms in total. The molecule has 1 saturated heterocycles. The fourth-order valence-electron chi connectivity index (χ4n) is 2.74. The minimum absolute atomic E-state index is 0.233. The number of nitrogens with zero attached hydrogens (tertiary/aromatic N) is 4. The van der Waals surface area contributed by atoms with Crippen molar-refractivity contribution in [1.29, 1.82) is 0 Å². The van der Waals surface area contributed by atoms with Crippen LogP contribution >= 0.6 is 0 Å². The van der Waals surface area contributed by atoms with Gasteiger partial charge in [0, 0.05) is 25.2 Å². The van der Waals surface area contributed by atoms with Gasteiger partial charge >= 0.3 is 6.18 Å². The summed E-state index contributed by atoms with van der Waals surface area (Å²) in [4.78, 5) is 28.3. The molecular formula is C15H16F3N5O. The van der Waals surface area contributed by atoms with Crippen molar-refractivity contribution >= 4 is 5.91 Å². The number of likely N-dealkylation sites (tertiary alicyclic amines) is 1. The molecule has 0 unspecified atom stereocenters. The molecular weight excluding hydrogens is 323 g/mol. The highest BCUT2D eigenvalue weighted by molar-refractivity contribution is 5.92. The van der Waals surface area contributed by atoms with Gasteiger partial charge in [0.2, 0.25) is 0 Å². The number of hydrogen-bond donors (Lipinski definition) is 1. The van der Waals surface area contributed by atoms with E-state index in [-0.39, 0.29) is 23.3 Å². The first-order valence-corrected chi connectivity index (χ1v) is 7.54. The number of aromatic nitrogens is 4. The summed E-state index contributed by atoms with van der Waals surface area (Å²) < 4.78 is 38.0. The van der Waals surface area contributed by atoms with Crippen LogP contribution < -0.4 is 0 Å². The van der Waals surface area contributed by atoms with Crippen LogP contribution in [0.5, 0.6) is 0 Å². The maximum absolute atomic E-state index is 12.7. The summed E-state index contributed by atoms with van der Waals surface area (Å²) in [5, 5.41) is 0. The molecule has 0 radical (unpaired) electrons. The number of amides is 1. The average molecular weight is 339 g/mol. The number of alkyl halides is 3. The van der Waals surface area contributed by atoms with E-state index in [4.69, 9.17) is 0 Å². The van der Waals surface area contributed by atoms with E-state index in [1.54, 1.807) is 11.8 Å². The van der Waals surface area contributed by atoms with Gasteiger partial charge in [-0.1, -0.05) is 0 Å². The molecule has 3 heterocycles. The molecule has 1 aliphatic rings. The fourth-order valence-corrected chi connectivity index (χ4v) is 2.74. The van der Waals surface area contributed by atoms with Crippen LogP contribution in [0.3, 0.4) is 0 Å². The highest BCUT2D eigenvalue weighted by atomic mass is 19.4. The standard InChI is InChI=1S/C15H16F3N5O/c1-9-5-20-11(6-19-9)14(24)23-4-2-3-10(8-23)13-21-7-12(22-13)15(16,17)18/h5-7,10H,2-4,8H2,1H3,(H,21,22)/t10-/m1/s1. The van der Waals surface area contributed by atoms with Crippen LogP contribution in [0.15, 0.2) is 18.6 Å². The Morgan fingerprint density at radius 2 is 2.04 bits per heavy atom. The second-order valence-corrected chi connectivity index (χ2v) is 5.81. The molecule has 0 aliphatic carbocycles. The highest BCUT2D eigenvalue weighted by Gasteiger charge is 2.35. The lowest BCUT2D eigenvalue weighted by Gasteiger charge is -2.31. The van der Waals surface area contributed by atoms with Gasteiger partial charge in [-0.3, -0.25) is 9.78 Å². The molecule has 2 aromatic rings. The lowest BCUT2D eigenvalue weighted by molar-refractivity contribution is -0.141. The summed E-state index contributed by atoms with van der Waals surface area (Å²) in [6, 6.07) is 0. The fraction of sp³-hybridized carbons (Fsp3) is 0.467. The van der Waals surface area contributed by atoms with Gasteiger partial charge in [-0.15, -0.1) is 0 Å². The summed E-state index contributed by atoms with van der Waals surface area (Å²) in [5.41, 5.74) is 0.0698. The molecule has 1 N–H and O–H groups in total. The molecule has 3 rings (SSSR count). The van der Waals surface area contributed by atoms with E-state index in [1.807, 2.05) is 0 Å². The zero-order valence-corrected chi connectivity index (χ0v) is 13.0. The van der Waals surface area contributed by atoms with Crippen LogP contribution in [0.1, 0.15) is 46.5 Å². The number of hydrogen-bond acceptors (Lipinski definition) is 4. The first kappa shape index (κ1) is 16.4. The Bertz CT molecular complexity index is 725. The lowest BCUT2D eigenvalue weighted by atomic mass is 9.97. The number of halogens is 3. The first-order valence-electron chi connectivity index (χ1n) is 7.54. The summed E-state index contributed by atoms with van der Waals surface area (Å²) in [6.45, 7) is 2.62. The summed E-state index contributed by atoms with van der Waals surface area (Å²) in [7, 11) is 0. The molecule has 0 aromatic carbocycles. The number of aryl methyl sites for hydroxylation is 1. The SMILES string of the molecule is Cc1cnc(C(=O)N2CCC[C@@H](c3ncc(C(F)(F)F)[nH]3)C2)cn1. The monoisotopic (exact) mass is 339 g/mol. The lowest BCUT2D eigenvalue weighted by Crippen LogP contribution is -2.39. The van der Waals surface area contributed by atoms with Crippen molar-refractivity contribution < 1.29 is 18.0 Å². The van der Waals surface area contributed by atoms with Crippen molar-refractivity contribution in [3.05, 3.63) is 41.5 Å². The molecule has 1 fully saturated rings. The largest absolute Gasteiger partial charge is 0.432 e. The van der Waals surface area contributed by atoms with Gasteiger partial charge < -0.3 is 9.88 Å². The second kappa shape index (κ2) is 6.21. The van der Waals surface area contributed by atoms with Gasteiger partial charge in [-0.2, -0.15) is 13.2 Å². The number of H-pyrrole nitrogens is 1. The Morgan fingerprint density at radius 1 is 1.25 bits per heavy atom. The quantitative estimate of drug-likeness (QED) is 0.912. The average Bonchev–Trinajstić information content (AvgIpc) is 3.05. The smallest absolute Gasteiger partial charge is 0.338 e. The van der Waals surface area contributed by atoms with Crippen LogP contribution in [0.2, 0.25) is 0 Å². The predicted octanol–water partition coefficient (Wildman–Crippen LogP) is 2.55. The summed E-state index contributed by atoms with van der Waals surface area (Å²) >= 11 is 0. The van der Waals surface area contributed by atoms with Crippen molar-refractivity contribution in [3.8, 4) is 0 Å². The van der Waals surface area contributed by atoms with Crippen LogP contribution in [0, 0.1) is 6.92 Å². The van der Waals surface area contributed by atoms with Gasteiger partial charge in [0.15, 0.2) is 0 Å². The Hall–Kier alpha value is -2.45. The van der Waals surface area contributed by atoms with E-state index in [0.29, 0.717) is 31.6 Å². The molecule has 0 bridgehead atoms. The van der Waals surface area contributed by atoms with Crippen molar-refractivity contribution in [2.24, 2.45) is 0 Å². The van der Waals surface area contributed by atoms with Gasteiger partial charge in [-0.25, -0.2) is 9.97 Å². The van der Waals surface area contributed by atoms with E-state index >= 15 is 0 Å². The van der Waals surface area contributed by atoms with Gasteiger partial charge in [-0.05, 0) is 19.8 Å². The van der Waals surface area contributed by atoms with Gasteiger partial charge in [0.1, 0.15) is 17.2 Å². The molecule has 1 amide bonds. The molecule has 1 aliphatic heterocycles. The number of aromatic amines is 1. The highest BCUT2D eigenvalue weighted by Crippen LogP contribution is 2.31. The van der Waals surface area contributed by atoms with Crippen LogP contribution in [0.4, 0.5) is 13.2 Å². The van der Waals surface area contributed by atoms with Gasteiger partial charge in [0.05, 0.1) is 18.1 Å². The number of imidazole rings is 1. The molecule has 24 heavy (non-hydrogen) atoms. The molecule has 128 valence electrons. The minimum Gasteiger partial charge on any atom is -0.338 e. The minimum atomic E-state index is -4.45. The number of carbonyl (C=O) groups is 1. The second-order valence-electron chi connectivity index (χ2n) is 5.81. The summed E-state index contributed by atoms with van der Waals surface area (Å²) in [5.74, 6) is -0.262. The number of carbonyl (C=O) groups excluding carboxylic acids is 1. The third-order valence-electron chi connectivity index (χ3n) is 4.00. The van der Waals surface area contributed by atoms with Crippen molar-refractivity contribution in [3.63, 3.8) is 0 Å². The zero-order valence-electron chi connectivity index (χ0n) is 13.0. The molecule has 0 saturated carbocycles. The summed E-state index contributed by atoms with van der Waals surface area (Å²) in [6.07, 6.45) is 0.632. The predicted molar refractivity (Wildman–Crippen MR) is 78.2 cm³/mol. The Labute approximate surface area is 136 Å². The zero-order chi connectivity index (χ0) is 17.3. The number of rotatable bonds is 2. The molecule has 0 spiro atoms. The van der Waals surface area contributed by atoms with Crippen LogP contribution in [0.25, 0.3) is 0 Å². The van der Waals surface area contributed by atoms with E-state index in [9.17, 15) is 18.0 Å². The molecule has 1 atom stereocenters. The van der Waals surface area contributed by atoms with Crippen molar-refractivity contribution in [2.75, 3.05) is 13.1 Å². The van der Waals surface area contributed by atoms with Crippen molar-refractivity contribution in [2.45, 2.75) is 31.9 Å². The third kappa shape index (κ3) is 3.39. The Kier molecular flexibility index (Phi) is 4.25. The maximum Gasteiger partial charge on any atom is 0.432 e. The molecule has 2 aromatic heterocycles. The third-order valence-corrected chi connectivity index (χ3v) is 4.00. The normalized spacial score (nSPS) is 18.7. The van der Waals surface area contributed by atoms with Crippen LogP contribution in [-0.2, 0) is 6.18 Å². The van der Waals surface area contributed by atoms with E-state index in [1.165, 1.54) is 12.4 Å². The van der Waals surface area contributed by atoms with E-state index in [2.05, 4.69) is 19.9 Å². The van der Waals surface area contributed by atoms with Gasteiger partial charge in [0.25, 0.3) is 5.91 Å². The van der Waals surface area contributed by atoms with Crippen molar-refractivity contribution in [1.82, 2.24) is 24.8 Å². The number of piperidine rings is 1. The molecule has 9 heteroatoms. The topological polar surface area (TPSA) is 74.8 Å².